The molecule has 0 spiro atoms. The van der Waals surface area contributed by atoms with Crippen LogP contribution in [0.2, 0.25) is 0 Å². The largest absolute Gasteiger partial charge is 0.385 e. The van der Waals surface area contributed by atoms with E-state index in [1.54, 1.807) is 0 Å². The zero-order valence-electron chi connectivity index (χ0n) is 10.0. The number of carbonyl (C=O) groups excluding carboxylic acids is 1. The number of aliphatic hydroxyl groups excluding tert-OH is 1. The third kappa shape index (κ3) is 3.61. The van der Waals surface area contributed by atoms with Crippen molar-refractivity contribution in [2.45, 2.75) is 38.7 Å². The van der Waals surface area contributed by atoms with Gasteiger partial charge in [-0.1, -0.05) is 13.3 Å². The minimum atomic E-state index is -2.82. The molecule has 0 saturated carbocycles. The van der Waals surface area contributed by atoms with Crippen molar-refractivity contribution >= 4 is 5.91 Å². The van der Waals surface area contributed by atoms with Gasteiger partial charge in [0.25, 0.3) is 6.43 Å². The number of nitrogens with one attached hydrogen (secondary N) is 2. The number of alkyl halides is 2. The molecule has 0 aromatic heterocycles. The molecule has 1 aliphatic heterocycles. The molecule has 17 heavy (non-hydrogen) atoms. The zero-order chi connectivity index (χ0) is 12.9. The Morgan fingerprint density at radius 1 is 1.59 bits per heavy atom. The lowest BCUT2D eigenvalue weighted by atomic mass is 9.81. The van der Waals surface area contributed by atoms with Gasteiger partial charge in [0.15, 0.2) is 0 Å². The number of halogens is 2. The molecule has 1 heterocycles. The van der Waals surface area contributed by atoms with E-state index in [1.807, 2.05) is 6.92 Å². The van der Waals surface area contributed by atoms with E-state index in [2.05, 4.69) is 10.6 Å². The predicted octanol–water partition coefficient (Wildman–Crippen LogP) is 0.508. The molecule has 6 heteroatoms. The van der Waals surface area contributed by atoms with E-state index in [1.165, 1.54) is 0 Å². The molecule has 1 aliphatic rings. The van der Waals surface area contributed by atoms with E-state index in [9.17, 15) is 13.6 Å². The molecule has 0 aromatic carbocycles. The van der Waals surface area contributed by atoms with Crippen molar-refractivity contribution in [1.29, 1.82) is 0 Å². The van der Waals surface area contributed by atoms with Crippen LogP contribution in [0.4, 0.5) is 8.78 Å². The topological polar surface area (TPSA) is 61.4 Å². The van der Waals surface area contributed by atoms with Crippen molar-refractivity contribution in [3.8, 4) is 0 Å². The summed E-state index contributed by atoms with van der Waals surface area (Å²) >= 11 is 0. The third-order valence-corrected chi connectivity index (χ3v) is 3.22. The molecule has 0 aromatic rings. The second-order valence-electron chi connectivity index (χ2n) is 4.57. The predicted molar refractivity (Wildman–Crippen MR) is 59.8 cm³/mol. The van der Waals surface area contributed by atoms with Gasteiger partial charge in [-0.3, -0.25) is 4.79 Å². The van der Waals surface area contributed by atoms with E-state index in [-0.39, 0.29) is 12.5 Å². The van der Waals surface area contributed by atoms with E-state index in [0.717, 1.165) is 25.8 Å². The van der Waals surface area contributed by atoms with Gasteiger partial charge in [-0.05, 0) is 19.4 Å². The summed E-state index contributed by atoms with van der Waals surface area (Å²) in [5, 5.41) is 14.5. The Bertz CT molecular complexity index is 256. The molecule has 0 aliphatic carbocycles. The summed E-state index contributed by atoms with van der Waals surface area (Å²) in [6.45, 7) is 2.95. The smallest absolute Gasteiger partial charge is 0.265 e. The van der Waals surface area contributed by atoms with E-state index in [4.69, 9.17) is 5.11 Å². The van der Waals surface area contributed by atoms with Gasteiger partial charge in [0.2, 0.25) is 5.91 Å². The minimum absolute atomic E-state index is 0.232. The highest BCUT2D eigenvalue weighted by atomic mass is 19.3. The summed E-state index contributed by atoms with van der Waals surface area (Å²) in [6, 6.07) is 0. The van der Waals surface area contributed by atoms with Crippen molar-refractivity contribution in [3.05, 3.63) is 0 Å². The van der Waals surface area contributed by atoms with E-state index < -0.39 is 17.9 Å². The third-order valence-electron chi connectivity index (χ3n) is 3.22. The fraction of sp³-hybridized carbons (Fsp3) is 0.909. The van der Waals surface area contributed by atoms with Crippen LogP contribution in [0, 0.1) is 5.41 Å². The van der Waals surface area contributed by atoms with Crippen molar-refractivity contribution in [2.75, 3.05) is 19.6 Å². The fourth-order valence-corrected chi connectivity index (χ4v) is 2.22. The molecule has 2 atom stereocenters. The van der Waals surface area contributed by atoms with E-state index >= 15 is 0 Å². The molecule has 0 radical (unpaired) electrons. The Kier molecular flexibility index (Phi) is 5.27. The van der Waals surface area contributed by atoms with Crippen molar-refractivity contribution in [2.24, 2.45) is 5.41 Å². The summed E-state index contributed by atoms with van der Waals surface area (Å²) in [5.74, 6) is -0.232. The van der Waals surface area contributed by atoms with Gasteiger partial charge < -0.3 is 15.7 Å². The average Bonchev–Trinajstić information content (AvgIpc) is 2.75. The van der Waals surface area contributed by atoms with E-state index in [0.29, 0.717) is 6.54 Å². The van der Waals surface area contributed by atoms with Gasteiger partial charge in [0.05, 0.1) is 5.41 Å². The Labute approximate surface area is 99.8 Å². The van der Waals surface area contributed by atoms with Crippen LogP contribution in [0.5, 0.6) is 0 Å². The molecule has 3 N–H and O–H groups in total. The number of hydrogen-bond donors (Lipinski definition) is 3. The average molecular weight is 250 g/mol. The van der Waals surface area contributed by atoms with Crippen LogP contribution in [-0.4, -0.2) is 43.2 Å². The van der Waals surface area contributed by atoms with Gasteiger partial charge >= 0.3 is 0 Å². The first-order valence-corrected chi connectivity index (χ1v) is 5.97. The van der Waals surface area contributed by atoms with Gasteiger partial charge in [-0.15, -0.1) is 0 Å². The van der Waals surface area contributed by atoms with Crippen molar-refractivity contribution in [1.82, 2.24) is 10.6 Å². The SMILES string of the molecule is CCCC1(C(=O)NCC(O)C(F)F)CCNC1. The molecule has 0 bridgehead atoms. The maximum atomic E-state index is 12.1. The highest BCUT2D eigenvalue weighted by Gasteiger charge is 2.40. The lowest BCUT2D eigenvalue weighted by Gasteiger charge is -2.27. The molecule has 2 unspecified atom stereocenters. The normalized spacial score (nSPS) is 26.2. The summed E-state index contributed by atoms with van der Waals surface area (Å²) < 4.78 is 24.2. The lowest BCUT2D eigenvalue weighted by Crippen LogP contribution is -2.46. The van der Waals surface area contributed by atoms with Crippen LogP contribution in [0.1, 0.15) is 26.2 Å². The highest BCUT2D eigenvalue weighted by molar-refractivity contribution is 5.83. The maximum absolute atomic E-state index is 12.1. The van der Waals surface area contributed by atoms with Gasteiger partial charge in [0.1, 0.15) is 6.10 Å². The van der Waals surface area contributed by atoms with Crippen LogP contribution < -0.4 is 10.6 Å². The van der Waals surface area contributed by atoms with Crippen LogP contribution in [-0.2, 0) is 4.79 Å². The number of aliphatic hydroxyl groups is 1. The van der Waals surface area contributed by atoms with Crippen LogP contribution in [0.15, 0.2) is 0 Å². The summed E-state index contributed by atoms with van der Waals surface area (Å²) in [6.07, 6.45) is -2.29. The Morgan fingerprint density at radius 2 is 2.29 bits per heavy atom. The molecular formula is C11H20F2N2O2. The second-order valence-corrected chi connectivity index (χ2v) is 4.57. The molecule has 1 amide bonds. The van der Waals surface area contributed by atoms with Crippen LogP contribution in [0.25, 0.3) is 0 Å². The summed E-state index contributed by atoms with van der Waals surface area (Å²) in [5.41, 5.74) is -0.489. The summed E-state index contributed by atoms with van der Waals surface area (Å²) in [7, 11) is 0. The Balaban J connectivity index is 2.49. The van der Waals surface area contributed by atoms with Crippen molar-refractivity contribution in [3.63, 3.8) is 0 Å². The maximum Gasteiger partial charge on any atom is 0.265 e. The van der Waals surface area contributed by atoms with Gasteiger partial charge in [-0.2, -0.15) is 0 Å². The monoisotopic (exact) mass is 250 g/mol. The standard InChI is InChI=1S/C11H20F2N2O2/c1-2-3-11(4-5-14-7-11)10(17)15-6-8(16)9(12)13/h8-9,14,16H,2-7H2,1H3,(H,15,17). The molecule has 100 valence electrons. The first kappa shape index (κ1) is 14.3. The number of carbonyl (C=O) groups is 1. The molecule has 1 fully saturated rings. The lowest BCUT2D eigenvalue weighted by molar-refractivity contribution is -0.131. The van der Waals surface area contributed by atoms with Gasteiger partial charge in [0, 0.05) is 13.1 Å². The number of amides is 1. The highest BCUT2D eigenvalue weighted by Crippen LogP contribution is 2.31. The quantitative estimate of drug-likeness (QED) is 0.643. The Hall–Kier alpha value is -0.750. The zero-order valence-corrected chi connectivity index (χ0v) is 10.0. The van der Waals surface area contributed by atoms with Crippen LogP contribution in [0.3, 0.4) is 0 Å². The first-order chi connectivity index (χ1) is 8.02. The first-order valence-electron chi connectivity index (χ1n) is 5.97. The second kappa shape index (κ2) is 6.26. The molecular weight excluding hydrogens is 230 g/mol. The van der Waals surface area contributed by atoms with Crippen LogP contribution >= 0.6 is 0 Å². The molecule has 1 saturated heterocycles. The number of hydrogen-bond acceptors (Lipinski definition) is 3. The molecule has 4 nitrogen and oxygen atoms in total. The fourth-order valence-electron chi connectivity index (χ4n) is 2.22. The van der Waals surface area contributed by atoms with Gasteiger partial charge in [-0.25, -0.2) is 8.78 Å². The Morgan fingerprint density at radius 3 is 2.76 bits per heavy atom. The number of rotatable bonds is 6. The van der Waals surface area contributed by atoms with Crippen molar-refractivity contribution < 1.29 is 18.7 Å². The minimum Gasteiger partial charge on any atom is -0.385 e. The summed E-state index contributed by atoms with van der Waals surface area (Å²) in [4.78, 5) is 12.0. The molecule has 1 rings (SSSR count).